The van der Waals surface area contributed by atoms with Gasteiger partial charge in [0.1, 0.15) is 0 Å². The topological polar surface area (TPSA) is 47.3 Å². The molecule has 18 heavy (non-hydrogen) atoms. The van der Waals surface area contributed by atoms with E-state index in [0.29, 0.717) is 6.42 Å². The minimum Gasteiger partial charge on any atom is -0.393 e. The molecule has 0 amide bonds. The third-order valence-corrected chi connectivity index (χ3v) is 3.94. The molecular formula is C13H23BrN2O2. The van der Waals surface area contributed by atoms with E-state index >= 15 is 0 Å². The summed E-state index contributed by atoms with van der Waals surface area (Å²) in [5, 5.41) is 14.5. The molecule has 1 N–H and O–H groups in total. The molecule has 1 rings (SSSR count). The highest BCUT2D eigenvalue weighted by molar-refractivity contribution is 9.10. The smallest absolute Gasteiger partial charge is 0.0738 e. The fraction of sp³-hybridized carbons (Fsp3) is 0.769. The summed E-state index contributed by atoms with van der Waals surface area (Å²) in [4.78, 5) is 0. The van der Waals surface area contributed by atoms with Crippen LogP contribution in [0.1, 0.15) is 38.1 Å². The molecule has 0 aliphatic rings. The lowest BCUT2D eigenvalue weighted by Crippen LogP contribution is -2.15. The molecule has 104 valence electrons. The molecule has 1 aromatic rings. The maximum Gasteiger partial charge on any atom is 0.0738 e. The number of aliphatic hydroxyl groups excluding tert-OH is 1. The van der Waals surface area contributed by atoms with Crippen LogP contribution in [0.3, 0.4) is 0 Å². The molecule has 1 aromatic heterocycles. The minimum absolute atomic E-state index is 0.330. The van der Waals surface area contributed by atoms with Crippen molar-refractivity contribution in [2.45, 2.75) is 52.7 Å². The second kappa shape index (κ2) is 7.92. The predicted octanol–water partition coefficient (Wildman–Crippen LogP) is 2.69. The molecule has 0 aliphatic carbocycles. The molecule has 0 saturated carbocycles. The van der Waals surface area contributed by atoms with Gasteiger partial charge < -0.3 is 9.84 Å². The first-order chi connectivity index (χ1) is 8.60. The molecule has 5 heteroatoms. The fourth-order valence-corrected chi connectivity index (χ4v) is 2.40. The molecule has 0 spiro atoms. The lowest BCUT2D eigenvalue weighted by molar-refractivity contribution is 0.113. The van der Waals surface area contributed by atoms with E-state index in [1.807, 2.05) is 18.5 Å². The van der Waals surface area contributed by atoms with E-state index in [2.05, 4.69) is 28.0 Å². The average Bonchev–Trinajstić information content (AvgIpc) is 2.62. The molecule has 1 unspecified atom stereocenters. The number of rotatable bonds is 8. The van der Waals surface area contributed by atoms with Crippen molar-refractivity contribution in [1.82, 2.24) is 9.78 Å². The quantitative estimate of drug-likeness (QED) is 0.750. The summed E-state index contributed by atoms with van der Waals surface area (Å²) >= 11 is 3.54. The summed E-state index contributed by atoms with van der Waals surface area (Å²) in [6.45, 7) is 8.30. The molecule has 0 radical (unpaired) electrons. The molecular weight excluding hydrogens is 296 g/mol. The van der Waals surface area contributed by atoms with Crippen LogP contribution in [0.15, 0.2) is 4.47 Å². The number of hydrogen-bond acceptors (Lipinski definition) is 3. The number of ether oxygens (including phenoxy) is 1. The Kier molecular flexibility index (Phi) is 6.89. The number of aromatic nitrogens is 2. The molecule has 0 aromatic carbocycles. The maximum absolute atomic E-state index is 10.0. The van der Waals surface area contributed by atoms with Gasteiger partial charge in [-0.1, -0.05) is 0 Å². The van der Waals surface area contributed by atoms with Crippen LogP contribution in [0.25, 0.3) is 0 Å². The predicted molar refractivity (Wildman–Crippen MR) is 75.8 cm³/mol. The summed E-state index contributed by atoms with van der Waals surface area (Å²) in [7, 11) is 0. The van der Waals surface area contributed by atoms with Crippen LogP contribution in [0, 0.1) is 6.92 Å². The van der Waals surface area contributed by atoms with E-state index in [4.69, 9.17) is 4.74 Å². The Morgan fingerprint density at radius 3 is 2.78 bits per heavy atom. The van der Waals surface area contributed by atoms with Crippen molar-refractivity contribution in [2.24, 2.45) is 0 Å². The normalized spacial score (nSPS) is 12.9. The van der Waals surface area contributed by atoms with Gasteiger partial charge in [0.05, 0.1) is 22.0 Å². The molecule has 4 nitrogen and oxygen atoms in total. The Bertz CT molecular complexity index is 366. The second-order valence-corrected chi connectivity index (χ2v) is 5.15. The molecule has 0 fully saturated rings. The summed E-state index contributed by atoms with van der Waals surface area (Å²) in [6.07, 6.45) is 1.97. The molecule has 1 heterocycles. The molecule has 0 aliphatic heterocycles. The van der Waals surface area contributed by atoms with Crippen molar-refractivity contribution >= 4 is 15.9 Å². The van der Waals surface area contributed by atoms with E-state index in [0.717, 1.165) is 48.5 Å². The lowest BCUT2D eigenvalue weighted by Gasteiger charge is -2.12. The fourth-order valence-electron chi connectivity index (χ4n) is 1.95. The van der Waals surface area contributed by atoms with Gasteiger partial charge in [0.25, 0.3) is 0 Å². The van der Waals surface area contributed by atoms with Crippen LogP contribution >= 0.6 is 15.9 Å². The van der Waals surface area contributed by atoms with Crippen LogP contribution in [0.2, 0.25) is 0 Å². The Morgan fingerprint density at radius 2 is 2.17 bits per heavy atom. The number of aryl methyl sites for hydroxylation is 2. The standard InChI is InChI=1S/C13H23BrN2O2/c1-4-16-12(13(14)10(3)15-16)9-11(17)7-6-8-18-5-2/h11,17H,4-9H2,1-3H3. The largest absolute Gasteiger partial charge is 0.393 e. The van der Waals surface area contributed by atoms with Crippen molar-refractivity contribution in [1.29, 1.82) is 0 Å². The van der Waals surface area contributed by atoms with Gasteiger partial charge in [-0.3, -0.25) is 4.68 Å². The third-order valence-electron chi connectivity index (χ3n) is 2.91. The van der Waals surface area contributed by atoms with Crippen LogP contribution < -0.4 is 0 Å². The average molecular weight is 319 g/mol. The van der Waals surface area contributed by atoms with Crippen LogP contribution in [-0.4, -0.2) is 34.2 Å². The van der Waals surface area contributed by atoms with Crippen LogP contribution in [-0.2, 0) is 17.7 Å². The highest BCUT2D eigenvalue weighted by Crippen LogP contribution is 2.23. The zero-order valence-electron chi connectivity index (χ0n) is 11.4. The van der Waals surface area contributed by atoms with Crippen molar-refractivity contribution < 1.29 is 9.84 Å². The molecule has 1 atom stereocenters. The van der Waals surface area contributed by atoms with Gasteiger partial charge in [0.15, 0.2) is 0 Å². The van der Waals surface area contributed by atoms with Gasteiger partial charge >= 0.3 is 0 Å². The third kappa shape index (κ3) is 4.37. The highest BCUT2D eigenvalue weighted by Gasteiger charge is 2.15. The molecule has 0 saturated heterocycles. The van der Waals surface area contributed by atoms with Gasteiger partial charge in [0, 0.05) is 26.2 Å². The first-order valence-corrected chi connectivity index (χ1v) is 7.37. The van der Waals surface area contributed by atoms with Crippen molar-refractivity contribution in [3.8, 4) is 0 Å². The summed E-state index contributed by atoms with van der Waals surface area (Å²) in [6, 6.07) is 0. The van der Waals surface area contributed by atoms with Gasteiger partial charge in [-0.15, -0.1) is 0 Å². The van der Waals surface area contributed by atoms with E-state index in [9.17, 15) is 5.11 Å². The first kappa shape index (κ1) is 15.7. The minimum atomic E-state index is -0.330. The first-order valence-electron chi connectivity index (χ1n) is 6.57. The van der Waals surface area contributed by atoms with Crippen LogP contribution in [0.4, 0.5) is 0 Å². The van der Waals surface area contributed by atoms with E-state index in [1.54, 1.807) is 0 Å². The summed E-state index contributed by atoms with van der Waals surface area (Å²) in [5.74, 6) is 0. The second-order valence-electron chi connectivity index (χ2n) is 4.36. The van der Waals surface area contributed by atoms with Gasteiger partial charge in [0.2, 0.25) is 0 Å². The van der Waals surface area contributed by atoms with Crippen molar-refractivity contribution in [2.75, 3.05) is 13.2 Å². The zero-order valence-corrected chi connectivity index (χ0v) is 13.0. The van der Waals surface area contributed by atoms with Gasteiger partial charge in [-0.25, -0.2) is 0 Å². The number of halogens is 1. The lowest BCUT2D eigenvalue weighted by atomic mass is 10.1. The maximum atomic E-state index is 10.0. The van der Waals surface area contributed by atoms with Crippen LogP contribution in [0.5, 0.6) is 0 Å². The Morgan fingerprint density at radius 1 is 1.44 bits per heavy atom. The van der Waals surface area contributed by atoms with Gasteiger partial charge in [-0.2, -0.15) is 5.10 Å². The van der Waals surface area contributed by atoms with E-state index < -0.39 is 0 Å². The van der Waals surface area contributed by atoms with Crippen molar-refractivity contribution in [3.63, 3.8) is 0 Å². The van der Waals surface area contributed by atoms with Crippen molar-refractivity contribution in [3.05, 3.63) is 15.9 Å². The Labute approximate surface area is 117 Å². The van der Waals surface area contributed by atoms with Gasteiger partial charge in [-0.05, 0) is 49.5 Å². The van der Waals surface area contributed by atoms with E-state index in [1.165, 1.54) is 0 Å². The zero-order chi connectivity index (χ0) is 13.5. The number of hydrogen-bond donors (Lipinski definition) is 1. The monoisotopic (exact) mass is 318 g/mol. The van der Waals surface area contributed by atoms with E-state index in [-0.39, 0.29) is 6.10 Å². The highest BCUT2D eigenvalue weighted by atomic mass is 79.9. The number of nitrogens with zero attached hydrogens (tertiary/aromatic N) is 2. The SMILES string of the molecule is CCOCCCC(O)Cc1c(Br)c(C)nn1CC. The molecule has 0 bridgehead atoms. The number of aliphatic hydroxyl groups is 1. The summed E-state index contributed by atoms with van der Waals surface area (Å²) in [5.41, 5.74) is 2.06. The summed E-state index contributed by atoms with van der Waals surface area (Å²) < 4.78 is 8.24. The Hall–Kier alpha value is -0.390. The Balaban J connectivity index is 2.50.